The molecule has 1 aliphatic rings. The van der Waals surface area contributed by atoms with Crippen molar-refractivity contribution in [3.63, 3.8) is 0 Å². The first-order valence-electron chi connectivity index (χ1n) is 7.30. The van der Waals surface area contributed by atoms with E-state index in [0.29, 0.717) is 6.54 Å². The number of hydrogen-bond acceptors (Lipinski definition) is 5. The van der Waals surface area contributed by atoms with E-state index in [4.69, 9.17) is 4.74 Å². The Labute approximate surface area is 130 Å². The van der Waals surface area contributed by atoms with Crippen molar-refractivity contribution < 1.29 is 9.53 Å². The van der Waals surface area contributed by atoms with Crippen LogP contribution in [-0.2, 0) is 9.53 Å². The molecule has 1 unspecified atom stereocenters. The van der Waals surface area contributed by atoms with Crippen LogP contribution in [0.1, 0.15) is 19.3 Å². The summed E-state index contributed by atoms with van der Waals surface area (Å²) in [6.07, 6.45) is 5.36. The predicted molar refractivity (Wildman–Crippen MR) is 84.2 cm³/mol. The predicted octanol–water partition coefficient (Wildman–Crippen LogP) is 1.75. The number of pyridine rings is 1. The molecule has 1 aromatic rings. The fourth-order valence-corrected chi connectivity index (χ4v) is 3.65. The molecule has 0 aromatic carbocycles. The van der Waals surface area contributed by atoms with E-state index in [1.807, 2.05) is 18.2 Å². The Hall–Kier alpha value is -1.11. The summed E-state index contributed by atoms with van der Waals surface area (Å²) in [5.41, 5.74) is 0. The van der Waals surface area contributed by atoms with Crippen LogP contribution in [0.25, 0.3) is 0 Å². The highest BCUT2D eigenvalue weighted by molar-refractivity contribution is 8.01. The van der Waals surface area contributed by atoms with Gasteiger partial charge in [-0.1, -0.05) is 24.2 Å². The molecule has 2 rings (SSSR count). The zero-order chi connectivity index (χ0) is 15.1. The highest BCUT2D eigenvalue weighted by Crippen LogP contribution is 2.34. The zero-order valence-electron chi connectivity index (χ0n) is 12.7. The fraction of sp³-hybridized carbons (Fsp3) is 0.600. The Kier molecular flexibility index (Phi) is 6.02. The standard InChI is InChI=1S/C15H23N3O2S/c1-16-14(19)15(20-2,12-18-10-6-3-7-11-18)21-13-8-4-5-9-17-13/h4-5,8-9H,3,6-7,10-12H2,1-2H3,(H,16,19). The largest absolute Gasteiger partial charge is 0.357 e. The van der Waals surface area contributed by atoms with Crippen LogP contribution in [0.5, 0.6) is 0 Å². The number of thioether (sulfide) groups is 1. The number of likely N-dealkylation sites (tertiary alicyclic amines) is 1. The lowest BCUT2D eigenvalue weighted by atomic mass is 10.1. The van der Waals surface area contributed by atoms with Crippen molar-refractivity contribution >= 4 is 17.7 Å². The van der Waals surface area contributed by atoms with Gasteiger partial charge in [0.15, 0.2) is 0 Å². The number of hydrogen-bond donors (Lipinski definition) is 1. The molecule has 1 amide bonds. The molecular formula is C15H23N3O2S. The van der Waals surface area contributed by atoms with Crippen LogP contribution >= 0.6 is 11.8 Å². The minimum Gasteiger partial charge on any atom is -0.357 e. The van der Waals surface area contributed by atoms with Crippen molar-refractivity contribution in [1.82, 2.24) is 15.2 Å². The molecule has 1 aromatic heterocycles. The van der Waals surface area contributed by atoms with Crippen molar-refractivity contribution in [1.29, 1.82) is 0 Å². The first-order valence-corrected chi connectivity index (χ1v) is 8.11. The summed E-state index contributed by atoms with van der Waals surface area (Å²) in [5, 5.41) is 3.52. The number of methoxy groups -OCH3 is 1. The number of carbonyl (C=O) groups excluding carboxylic acids is 1. The highest BCUT2D eigenvalue weighted by atomic mass is 32.2. The Balaban J connectivity index is 2.17. The Morgan fingerprint density at radius 1 is 1.43 bits per heavy atom. The van der Waals surface area contributed by atoms with Gasteiger partial charge in [-0.2, -0.15) is 0 Å². The van der Waals surface area contributed by atoms with Gasteiger partial charge in [-0.25, -0.2) is 4.98 Å². The molecule has 6 heteroatoms. The second kappa shape index (κ2) is 7.77. The number of nitrogens with one attached hydrogen (secondary N) is 1. The van der Waals surface area contributed by atoms with Crippen LogP contribution in [0.15, 0.2) is 29.4 Å². The van der Waals surface area contributed by atoms with Crippen molar-refractivity contribution in [2.75, 3.05) is 33.8 Å². The van der Waals surface area contributed by atoms with E-state index in [9.17, 15) is 4.79 Å². The molecule has 0 saturated carbocycles. The van der Waals surface area contributed by atoms with Gasteiger partial charge in [-0.15, -0.1) is 0 Å². The SMILES string of the molecule is CNC(=O)C(CN1CCCCC1)(OC)Sc1ccccn1. The van der Waals surface area contributed by atoms with Crippen LogP contribution in [0, 0.1) is 0 Å². The van der Waals surface area contributed by atoms with Gasteiger partial charge in [-0.3, -0.25) is 9.69 Å². The normalized spacial score (nSPS) is 19.0. The first kappa shape index (κ1) is 16.3. The minimum atomic E-state index is -0.958. The third-order valence-corrected chi connectivity index (χ3v) is 4.95. The molecule has 21 heavy (non-hydrogen) atoms. The summed E-state index contributed by atoms with van der Waals surface area (Å²) in [4.78, 5) is 18.1. The molecule has 1 saturated heterocycles. The molecule has 0 spiro atoms. The zero-order valence-corrected chi connectivity index (χ0v) is 13.5. The number of carbonyl (C=O) groups is 1. The van der Waals surface area contributed by atoms with Gasteiger partial charge < -0.3 is 10.1 Å². The molecule has 0 aliphatic carbocycles. The average Bonchev–Trinajstić information content (AvgIpc) is 2.55. The monoisotopic (exact) mass is 309 g/mol. The fourth-order valence-electron chi connectivity index (χ4n) is 2.53. The van der Waals surface area contributed by atoms with Crippen LogP contribution < -0.4 is 5.32 Å². The van der Waals surface area contributed by atoms with Gasteiger partial charge in [-0.05, 0) is 38.1 Å². The number of rotatable bonds is 6. The Morgan fingerprint density at radius 3 is 2.76 bits per heavy atom. The summed E-state index contributed by atoms with van der Waals surface area (Å²) >= 11 is 1.38. The van der Waals surface area contributed by atoms with Crippen LogP contribution in [0.3, 0.4) is 0 Å². The van der Waals surface area contributed by atoms with E-state index >= 15 is 0 Å². The molecule has 1 fully saturated rings. The number of likely N-dealkylation sites (N-methyl/N-ethyl adjacent to an activating group) is 1. The number of piperidine rings is 1. The van der Waals surface area contributed by atoms with Crippen LogP contribution in [-0.4, -0.2) is 54.5 Å². The topological polar surface area (TPSA) is 54.5 Å². The van der Waals surface area contributed by atoms with Gasteiger partial charge >= 0.3 is 0 Å². The summed E-state index contributed by atoms with van der Waals surface area (Å²) in [6, 6.07) is 5.68. The molecule has 0 radical (unpaired) electrons. The first-order chi connectivity index (χ1) is 10.2. The second-order valence-electron chi connectivity index (χ2n) is 5.14. The van der Waals surface area contributed by atoms with Gasteiger partial charge in [0.25, 0.3) is 5.91 Å². The van der Waals surface area contributed by atoms with E-state index in [0.717, 1.165) is 18.1 Å². The number of nitrogens with zero attached hydrogens (tertiary/aromatic N) is 2. The van der Waals surface area contributed by atoms with Gasteiger partial charge in [0.05, 0.1) is 5.03 Å². The second-order valence-corrected chi connectivity index (χ2v) is 6.42. The van der Waals surface area contributed by atoms with Crippen LogP contribution in [0.4, 0.5) is 0 Å². The lowest BCUT2D eigenvalue weighted by Crippen LogP contribution is -2.53. The maximum Gasteiger partial charge on any atom is 0.264 e. The van der Waals surface area contributed by atoms with E-state index in [1.165, 1.54) is 31.0 Å². The number of amides is 1. The van der Waals surface area contributed by atoms with E-state index in [1.54, 1.807) is 20.4 Å². The summed E-state index contributed by atoms with van der Waals surface area (Å²) in [6.45, 7) is 2.61. The lowest BCUT2D eigenvalue weighted by Gasteiger charge is -2.36. The van der Waals surface area contributed by atoms with E-state index < -0.39 is 4.93 Å². The minimum absolute atomic E-state index is 0.119. The van der Waals surface area contributed by atoms with E-state index in [2.05, 4.69) is 15.2 Å². The maximum absolute atomic E-state index is 12.4. The molecule has 1 atom stereocenters. The van der Waals surface area contributed by atoms with Crippen molar-refractivity contribution in [2.45, 2.75) is 29.2 Å². The smallest absolute Gasteiger partial charge is 0.264 e. The van der Waals surface area contributed by atoms with Gasteiger partial charge in [0, 0.05) is 26.9 Å². The molecule has 2 heterocycles. The molecule has 5 nitrogen and oxygen atoms in total. The summed E-state index contributed by atoms with van der Waals surface area (Å²) < 4.78 is 5.67. The molecular weight excluding hydrogens is 286 g/mol. The molecule has 0 bridgehead atoms. The van der Waals surface area contributed by atoms with E-state index in [-0.39, 0.29) is 5.91 Å². The Bertz CT molecular complexity index is 451. The molecule has 116 valence electrons. The quantitative estimate of drug-likeness (QED) is 0.641. The van der Waals surface area contributed by atoms with Crippen molar-refractivity contribution in [3.05, 3.63) is 24.4 Å². The van der Waals surface area contributed by atoms with Crippen molar-refractivity contribution in [3.8, 4) is 0 Å². The third kappa shape index (κ3) is 4.18. The average molecular weight is 309 g/mol. The Morgan fingerprint density at radius 2 is 2.19 bits per heavy atom. The number of ether oxygens (including phenoxy) is 1. The summed E-state index contributed by atoms with van der Waals surface area (Å²) in [7, 11) is 3.24. The highest BCUT2D eigenvalue weighted by Gasteiger charge is 2.41. The van der Waals surface area contributed by atoms with Gasteiger partial charge in [0.2, 0.25) is 4.93 Å². The molecule has 1 aliphatic heterocycles. The van der Waals surface area contributed by atoms with Crippen molar-refractivity contribution in [2.24, 2.45) is 0 Å². The number of aromatic nitrogens is 1. The molecule has 1 N–H and O–H groups in total. The third-order valence-electron chi connectivity index (χ3n) is 3.69. The summed E-state index contributed by atoms with van der Waals surface area (Å²) in [5.74, 6) is -0.119. The van der Waals surface area contributed by atoms with Gasteiger partial charge in [0.1, 0.15) is 0 Å². The van der Waals surface area contributed by atoms with Crippen LogP contribution in [0.2, 0.25) is 0 Å². The maximum atomic E-state index is 12.4. The lowest BCUT2D eigenvalue weighted by molar-refractivity contribution is -0.135.